The van der Waals surface area contributed by atoms with Crippen molar-refractivity contribution in [3.63, 3.8) is 0 Å². The summed E-state index contributed by atoms with van der Waals surface area (Å²) in [5.74, 6) is 0. The van der Waals surface area contributed by atoms with Crippen molar-refractivity contribution in [2.75, 3.05) is 0 Å². The van der Waals surface area contributed by atoms with Crippen LogP contribution in [-0.2, 0) is 0 Å². The monoisotopic (exact) mass is 334 g/mol. The Labute approximate surface area is 65.7 Å². The van der Waals surface area contributed by atoms with Gasteiger partial charge in [0.2, 0.25) is 0 Å². The van der Waals surface area contributed by atoms with Crippen LogP contribution in [0.25, 0.3) is 0 Å². The third-order valence-corrected chi connectivity index (χ3v) is 4.06. The number of hydrogen-bond donors (Lipinski definition) is 2. The molecule has 0 spiro atoms. The van der Waals surface area contributed by atoms with Crippen LogP contribution >= 0.6 is 0 Å². The average Bonchev–Trinajstić information content (AvgIpc) is 1.61. The fourth-order valence-corrected chi connectivity index (χ4v) is 1.93. The number of primary amides is 1. The molecule has 0 fully saturated rings. The van der Waals surface area contributed by atoms with E-state index in [0.717, 1.165) is 2.52 Å². The number of nitrogens with two attached hydrogens (primary N) is 1. The number of carbonyl (C=O) groups is 1. The maximum absolute atomic E-state index is 9.91. The molecule has 7 heavy (non-hydrogen) atoms. The van der Waals surface area contributed by atoms with Crippen LogP contribution < -0.4 is 9.30 Å². The molecule has 0 aromatic rings. The summed E-state index contributed by atoms with van der Waals surface area (Å²) in [6.45, 7) is 0. The van der Waals surface area contributed by atoms with Crippen molar-refractivity contribution in [3.8, 4) is 0 Å². The molecule has 0 saturated carbocycles. The summed E-state index contributed by atoms with van der Waals surface area (Å²) in [6, 6.07) is -0.377. The normalized spacial score (nSPS) is 8.14. The molecule has 5 heteroatoms. The van der Waals surface area contributed by atoms with Crippen molar-refractivity contribution in [2.24, 2.45) is 5.73 Å². The second-order valence-corrected chi connectivity index (χ2v) is 7.83. The van der Waals surface area contributed by atoms with Crippen LogP contribution in [0, 0.1) is 0 Å². The summed E-state index contributed by atoms with van der Waals surface area (Å²) < 4.78 is 3.69. The van der Waals surface area contributed by atoms with Crippen molar-refractivity contribution in [1.29, 1.82) is 0 Å². The Balaban J connectivity index is 2.82. The standard InChI is InChI=1S/C2H6N2OTe2/c3-2(5)4-7-1-6/h6H,1H2,(H3,3,4,5). The van der Waals surface area contributed by atoms with Gasteiger partial charge in [0.15, 0.2) is 0 Å². The van der Waals surface area contributed by atoms with Gasteiger partial charge in [-0.25, -0.2) is 0 Å². The van der Waals surface area contributed by atoms with E-state index in [0.29, 0.717) is 0 Å². The van der Waals surface area contributed by atoms with E-state index in [4.69, 9.17) is 5.73 Å². The van der Waals surface area contributed by atoms with Gasteiger partial charge in [-0.3, -0.25) is 0 Å². The van der Waals surface area contributed by atoms with Gasteiger partial charge in [0.25, 0.3) is 0 Å². The molecule has 0 unspecified atom stereocenters. The molecule has 0 atom stereocenters. The van der Waals surface area contributed by atoms with Crippen molar-refractivity contribution < 1.29 is 4.79 Å². The van der Waals surface area contributed by atoms with Crippen LogP contribution in [0.1, 0.15) is 0 Å². The number of hydrogen-bond acceptors (Lipinski definition) is 1. The second-order valence-electron chi connectivity index (χ2n) is 0.740. The molecule has 0 radical (unpaired) electrons. The molecule has 0 aliphatic carbocycles. The van der Waals surface area contributed by atoms with Crippen molar-refractivity contribution in [3.05, 3.63) is 0 Å². The third-order valence-electron chi connectivity index (χ3n) is 0.237. The van der Waals surface area contributed by atoms with Crippen molar-refractivity contribution in [2.45, 2.75) is 2.52 Å². The van der Waals surface area contributed by atoms with Crippen LogP contribution in [0.2, 0.25) is 2.52 Å². The first kappa shape index (κ1) is 7.85. The van der Waals surface area contributed by atoms with Crippen LogP contribution in [-0.4, -0.2) is 49.5 Å². The molecule has 0 aliphatic heterocycles. The molecule has 0 aliphatic rings. The molecule has 0 rings (SSSR count). The van der Waals surface area contributed by atoms with Gasteiger partial charge in [-0.05, 0) is 0 Å². The first-order chi connectivity index (χ1) is 3.27. The van der Waals surface area contributed by atoms with Crippen molar-refractivity contribution >= 4 is 49.5 Å². The molecule has 0 saturated heterocycles. The van der Waals surface area contributed by atoms with Gasteiger partial charge in [0.05, 0.1) is 0 Å². The molecule has 0 bridgehead atoms. The minimum atomic E-state index is -0.377. The first-order valence-corrected chi connectivity index (χ1v) is 6.17. The van der Waals surface area contributed by atoms with Gasteiger partial charge in [-0.15, -0.1) is 0 Å². The molecule has 2 amide bonds. The van der Waals surface area contributed by atoms with E-state index in [1.54, 1.807) is 22.3 Å². The number of urea groups is 1. The predicted molar refractivity (Wildman–Crippen MR) is 30.4 cm³/mol. The minimum absolute atomic E-state index is 0.262. The quantitative estimate of drug-likeness (QED) is 0.599. The van der Waals surface area contributed by atoms with Crippen LogP contribution in [0.5, 0.6) is 0 Å². The summed E-state index contributed by atoms with van der Waals surface area (Å²) in [5.41, 5.74) is 4.77. The number of amides is 2. The SMILES string of the molecule is NC(=O)N[Te]C[TeH]. The van der Waals surface area contributed by atoms with E-state index in [1.807, 2.05) is 0 Å². The van der Waals surface area contributed by atoms with E-state index in [-0.39, 0.29) is 27.2 Å². The Kier molecular flexibility index (Phi) is 5.60. The van der Waals surface area contributed by atoms with Gasteiger partial charge >= 0.3 is 66.1 Å². The summed E-state index contributed by atoms with van der Waals surface area (Å²) in [7, 11) is 0. The summed E-state index contributed by atoms with van der Waals surface area (Å²) in [6.07, 6.45) is 0. The first-order valence-electron chi connectivity index (χ1n) is 1.55. The van der Waals surface area contributed by atoms with E-state index in [9.17, 15) is 4.79 Å². The molecule has 42 valence electrons. The molecular weight excluding hydrogens is 323 g/mol. The van der Waals surface area contributed by atoms with Gasteiger partial charge < -0.3 is 0 Å². The zero-order chi connectivity index (χ0) is 5.70. The van der Waals surface area contributed by atoms with Gasteiger partial charge in [0, 0.05) is 0 Å². The summed E-state index contributed by atoms with van der Waals surface area (Å²) in [4.78, 5) is 9.91. The van der Waals surface area contributed by atoms with Crippen LogP contribution in [0.15, 0.2) is 0 Å². The van der Waals surface area contributed by atoms with Gasteiger partial charge in [-0.2, -0.15) is 0 Å². The van der Waals surface area contributed by atoms with E-state index < -0.39 is 0 Å². The topological polar surface area (TPSA) is 55.1 Å². The van der Waals surface area contributed by atoms with Gasteiger partial charge in [-0.1, -0.05) is 0 Å². The Morgan fingerprint density at radius 3 is 2.71 bits per heavy atom. The molecule has 3 nitrogen and oxygen atoms in total. The molecule has 0 aromatic heterocycles. The molecular formula is C2H6N2OTe2. The fourth-order valence-electron chi connectivity index (χ4n) is 0.103. The summed E-state index contributed by atoms with van der Waals surface area (Å²) >= 11 is 1.46. The second kappa shape index (κ2) is 5.00. The van der Waals surface area contributed by atoms with Crippen molar-refractivity contribution in [1.82, 2.24) is 3.57 Å². The van der Waals surface area contributed by atoms with E-state index in [1.165, 1.54) is 0 Å². The number of nitrogens with one attached hydrogen (secondary N) is 1. The average molecular weight is 329 g/mol. The third kappa shape index (κ3) is 6.85. The molecule has 0 aromatic carbocycles. The summed E-state index contributed by atoms with van der Waals surface area (Å²) in [5, 5.41) is 0. The Morgan fingerprint density at radius 1 is 2.00 bits per heavy atom. The fraction of sp³-hybridized carbons (Fsp3) is 0.500. The van der Waals surface area contributed by atoms with E-state index in [2.05, 4.69) is 3.57 Å². The van der Waals surface area contributed by atoms with Crippen LogP contribution in [0.3, 0.4) is 0 Å². The van der Waals surface area contributed by atoms with Crippen LogP contribution in [0.4, 0.5) is 4.79 Å². The zero-order valence-corrected chi connectivity index (χ0v) is 8.43. The van der Waals surface area contributed by atoms with Gasteiger partial charge in [0.1, 0.15) is 0 Å². The zero-order valence-electron chi connectivity index (χ0n) is 3.55. The maximum atomic E-state index is 9.91. The Morgan fingerprint density at radius 2 is 2.57 bits per heavy atom. The van der Waals surface area contributed by atoms with E-state index >= 15 is 0 Å². The predicted octanol–water partition coefficient (Wildman–Crippen LogP) is -1.45. The number of rotatable bonds is 2. The Hall–Kier alpha value is 0.849. The number of carbonyl (C=O) groups excluding carboxylic acids is 1. The molecule has 0 heterocycles. The Bertz CT molecular complexity index is 66.7. The molecule has 3 N–H and O–H groups in total.